The monoisotopic (exact) mass is 345 g/mol. The Labute approximate surface area is 124 Å². The van der Waals surface area contributed by atoms with Gasteiger partial charge in [-0.15, -0.1) is 0 Å². The van der Waals surface area contributed by atoms with E-state index in [1.807, 2.05) is 4.72 Å². The van der Waals surface area contributed by atoms with E-state index in [1.165, 1.54) is 24.3 Å². The molecule has 1 amide bonds. The van der Waals surface area contributed by atoms with Gasteiger partial charge in [0.2, 0.25) is 21.0 Å². The van der Waals surface area contributed by atoms with Crippen molar-refractivity contribution in [3.05, 3.63) is 29.3 Å². The van der Waals surface area contributed by atoms with E-state index in [0.717, 1.165) is 0 Å². The van der Waals surface area contributed by atoms with Gasteiger partial charge in [0.05, 0.1) is 4.90 Å². The second-order valence-corrected chi connectivity index (χ2v) is 6.39. The molecule has 0 aliphatic rings. The maximum Gasteiger partial charge on any atom is 0.389 e. The Kier molecular flexibility index (Phi) is 5.60. The largest absolute Gasteiger partial charge is 0.389 e. The fourth-order valence-corrected chi connectivity index (χ4v) is 2.82. The number of hydrogen-bond donors (Lipinski definition) is 2. The first-order chi connectivity index (χ1) is 9.51. The Balaban J connectivity index is 2.87. The topological polar surface area (TPSA) is 89.3 Å². The fourth-order valence-electron chi connectivity index (χ4n) is 1.44. The van der Waals surface area contributed by atoms with Crippen molar-refractivity contribution < 1.29 is 38.0 Å². The normalized spacial score (nSPS) is 13.9. The lowest BCUT2D eigenvalue weighted by atomic mass is 10.1. The second kappa shape index (κ2) is 6.63. The van der Waals surface area contributed by atoms with Gasteiger partial charge >= 0.3 is 6.18 Å². The lowest BCUT2D eigenvalue weighted by molar-refractivity contribution is -0.288. The molecule has 118 valence electrons. The van der Waals surface area contributed by atoms with Crippen LogP contribution in [0.2, 0.25) is 5.02 Å². The predicted octanol–water partition coefficient (Wildman–Crippen LogP) is 0.858. The molecule has 0 bridgehead atoms. The number of amides is 1. The number of carbonyl (C=O) groups is 1. The number of benzene rings is 1. The third-order valence-electron chi connectivity index (χ3n) is 2.49. The SMILES string of the molecule is NC(=O)[C@@H](CCC(F)(F)F)NS(=O)(=O)c1ccc([ClH+])cc1. The van der Waals surface area contributed by atoms with Crippen LogP contribution in [0.3, 0.4) is 0 Å². The van der Waals surface area contributed by atoms with Gasteiger partial charge in [0, 0.05) is 18.6 Å². The van der Waals surface area contributed by atoms with Crippen LogP contribution in [0.25, 0.3) is 0 Å². The molecule has 10 heteroatoms. The van der Waals surface area contributed by atoms with Crippen LogP contribution in [-0.4, -0.2) is 26.5 Å². The van der Waals surface area contributed by atoms with Gasteiger partial charge in [-0.2, -0.15) is 17.9 Å². The van der Waals surface area contributed by atoms with Crippen LogP contribution >= 0.6 is 0 Å². The van der Waals surface area contributed by atoms with Gasteiger partial charge in [-0.1, -0.05) is 0 Å². The molecule has 0 unspecified atom stereocenters. The third kappa shape index (κ3) is 5.90. The summed E-state index contributed by atoms with van der Waals surface area (Å²) in [6.07, 6.45) is -6.60. The van der Waals surface area contributed by atoms with Gasteiger partial charge in [-0.3, -0.25) is 4.79 Å². The zero-order chi connectivity index (χ0) is 16.3. The first-order valence-corrected chi connectivity index (χ1v) is 7.56. The van der Waals surface area contributed by atoms with Crippen LogP contribution in [0.4, 0.5) is 13.2 Å². The van der Waals surface area contributed by atoms with Crippen molar-refractivity contribution in [3.63, 3.8) is 0 Å². The van der Waals surface area contributed by atoms with Crippen LogP contribution < -0.4 is 10.5 Å². The molecule has 0 heterocycles. The molecule has 1 atom stereocenters. The third-order valence-corrected chi connectivity index (χ3v) is 4.25. The molecule has 21 heavy (non-hydrogen) atoms. The van der Waals surface area contributed by atoms with Crippen molar-refractivity contribution in [3.8, 4) is 0 Å². The summed E-state index contributed by atoms with van der Waals surface area (Å²) < 4.78 is 62.2. The highest BCUT2D eigenvalue weighted by Crippen LogP contribution is 2.23. The average molecular weight is 346 g/mol. The average Bonchev–Trinajstić information content (AvgIpc) is 2.33. The van der Waals surface area contributed by atoms with Crippen molar-refractivity contribution in [1.29, 1.82) is 0 Å². The number of rotatable bonds is 6. The minimum absolute atomic E-state index is 0.214. The van der Waals surface area contributed by atoms with Crippen molar-refractivity contribution in [1.82, 2.24) is 4.72 Å². The zero-order valence-corrected chi connectivity index (χ0v) is 12.2. The van der Waals surface area contributed by atoms with E-state index in [0.29, 0.717) is 5.02 Å². The van der Waals surface area contributed by atoms with E-state index in [2.05, 4.69) is 0 Å². The lowest BCUT2D eigenvalue weighted by Gasteiger charge is -2.16. The summed E-state index contributed by atoms with van der Waals surface area (Å²) in [5, 5.41) is 0.400. The first-order valence-electron chi connectivity index (χ1n) is 5.67. The van der Waals surface area contributed by atoms with Gasteiger partial charge < -0.3 is 5.73 Å². The summed E-state index contributed by atoms with van der Waals surface area (Å²) in [6, 6.07) is 3.43. The number of nitrogens with one attached hydrogen (secondary N) is 1. The van der Waals surface area contributed by atoms with Crippen LogP contribution in [0.15, 0.2) is 29.2 Å². The van der Waals surface area contributed by atoms with Crippen molar-refractivity contribution in [2.45, 2.75) is 30.0 Å². The summed E-state index contributed by atoms with van der Waals surface area (Å²) in [5.41, 5.74) is 4.93. The Morgan fingerprint density at radius 1 is 1.29 bits per heavy atom. The Bertz CT molecular complexity index is 602. The molecule has 0 saturated heterocycles. The van der Waals surface area contributed by atoms with E-state index in [1.54, 1.807) is 0 Å². The molecule has 0 aromatic heterocycles. The lowest BCUT2D eigenvalue weighted by Crippen LogP contribution is -2.44. The molecule has 1 aromatic carbocycles. The smallest absolute Gasteiger partial charge is 0.368 e. The standard InChI is InChI=1S/C11H12ClF3N2O3S/c12-7-1-3-8(4-2-7)21(19,20)17-9(10(16)18)5-6-11(13,14)15/h1-4,9,12,17H,5-6H2,(H-,16,18)/p+1/t9-/m1/s1. The zero-order valence-electron chi connectivity index (χ0n) is 10.6. The minimum Gasteiger partial charge on any atom is -0.368 e. The molecule has 5 nitrogen and oxygen atoms in total. The molecule has 3 N–H and O–H groups in total. The van der Waals surface area contributed by atoms with E-state index < -0.39 is 41.0 Å². The number of sulfonamides is 1. The summed E-state index contributed by atoms with van der Waals surface area (Å²) in [5.74, 6) is -1.18. The maximum atomic E-state index is 12.1. The van der Waals surface area contributed by atoms with Gasteiger partial charge in [-0.25, -0.2) is 8.42 Å². The number of alkyl halides is 3. The minimum atomic E-state index is -4.51. The second-order valence-electron chi connectivity index (χ2n) is 4.20. The predicted molar refractivity (Wildman–Crippen MR) is 65.6 cm³/mol. The molecular formula is C11H13ClF3N2O3S+. The molecule has 0 saturated carbocycles. The van der Waals surface area contributed by atoms with E-state index in [9.17, 15) is 26.4 Å². The van der Waals surface area contributed by atoms with Gasteiger partial charge in [0.15, 0.2) is 11.6 Å². The van der Waals surface area contributed by atoms with Gasteiger partial charge in [-0.05, 0) is 18.6 Å². The Morgan fingerprint density at radius 3 is 2.24 bits per heavy atom. The summed E-state index contributed by atoms with van der Waals surface area (Å²) in [7, 11) is -4.15. The number of hydrogen-bond acceptors (Lipinski definition) is 3. The molecule has 0 fully saturated rings. The maximum absolute atomic E-state index is 12.1. The van der Waals surface area contributed by atoms with Crippen molar-refractivity contribution in [2.75, 3.05) is 0 Å². The summed E-state index contributed by atoms with van der Waals surface area (Å²) in [6.45, 7) is 0. The van der Waals surface area contributed by atoms with E-state index in [-0.39, 0.29) is 4.90 Å². The van der Waals surface area contributed by atoms with Gasteiger partial charge in [0.25, 0.3) is 0 Å². The number of nitrogens with two attached hydrogens (primary N) is 1. The Morgan fingerprint density at radius 2 is 1.81 bits per heavy atom. The van der Waals surface area contributed by atoms with Gasteiger partial charge in [0.1, 0.15) is 6.04 Å². The molecule has 1 aromatic rings. The van der Waals surface area contributed by atoms with E-state index >= 15 is 0 Å². The summed E-state index contributed by atoms with van der Waals surface area (Å²) >= 11 is 4.79. The van der Waals surface area contributed by atoms with Crippen LogP contribution in [0.1, 0.15) is 12.8 Å². The first kappa shape index (κ1) is 17.7. The number of carbonyl (C=O) groups excluding carboxylic acids is 1. The number of primary amides is 1. The highest BCUT2D eigenvalue weighted by Gasteiger charge is 2.32. The van der Waals surface area contributed by atoms with Crippen molar-refractivity contribution in [2.24, 2.45) is 5.73 Å². The highest BCUT2D eigenvalue weighted by atomic mass is 35.5. The molecule has 0 spiro atoms. The Hall–Kier alpha value is -1.32. The van der Waals surface area contributed by atoms with E-state index in [4.69, 9.17) is 17.3 Å². The molecule has 0 aliphatic heterocycles. The van der Waals surface area contributed by atoms with Crippen LogP contribution in [-0.2, 0) is 14.8 Å². The highest BCUT2D eigenvalue weighted by molar-refractivity contribution is 7.89. The van der Waals surface area contributed by atoms with Crippen molar-refractivity contribution >= 4 is 15.9 Å². The molecule has 1 rings (SSSR count). The quantitative estimate of drug-likeness (QED) is 0.801. The van der Waals surface area contributed by atoms with Crippen LogP contribution in [0.5, 0.6) is 0 Å². The molecule has 0 radical (unpaired) electrons. The molecular weight excluding hydrogens is 333 g/mol. The molecule has 0 aliphatic carbocycles. The number of halogens is 4. The van der Waals surface area contributed by atoms with Crippen LogP contribution in [0, 0.1) is 11.6 Å². The fraction of sp³-hybridized carbons (Fsp3) is 0.364. The summed E-state index contributed by atoms with van der Waals surface area (Å²) in [4.78, 5) is 10.9.